The van der Waals surface area contributed by atoms with Gasteiger partial charge >= 0.3 is 0 Å². The molecule has 0 aromatic carbocycles. The molecular formula is C10H17NO2. The quantitative estimate of drug-likeness (QED) is 0.665. The van der Waals surface area contributed by atoms with Gasteiger partial charge in [0, 0.05) is 25.7 Å². The number of ether oxygens (including phenoxy) is 1. The first-order valence-electron chi connectivity index (χ1n) is 4.81. The topological polar surface area (TPSA) is 38.3 Å². The molecule has 1 saturated heterocycles. The highest BCUT2D eigenvalue weighted by Gasteiger charge is 2.20. The van der Waals surface area contributed by atoms with Gasteiger partial charge in [0.05, 0.1) is 0 Å². The van der Waals surface area contributed by atoms with Crippen LogP contribution in [0.4, 0.5) is 0 Å². The van der Waals surface area contributed by atoms with Crippen molar-refractivity contribution in [2.75, 3.05) is 19.8 Å². The van der Waals surface area contributed by atoms with Crippen molar-refractivity contribution in [3.63, 3.8) is 0 Å². The summed E-state index contributed by atoms with van der Waals surface area (Å²) < 4.78 is 5.18. The fraction of sp³-hybridized carbons (Fsp3) is 0.700. The van der Waals surface area contributed by atoms with Crippen LogP contribution in [-0.4, -0.2) is 25.7 Å². The van der Waals surface area contributed by atoms with Crippen molar-refractivity contribution in [1.82, 2.24) is 5.32 Å². The Balaban J connectivity index is 2.21. The summed E-state index contributed by atoms with van der Waals surface area (Å²) in [5, 5.41) is 2.87. The van der Waals surface area contributed by atoms with Crippen molar-refractivity contribution in [2.24, 2.45) is 5.92 Å². The van der Waals surface area contributed by atoms with Crippen molar-refractivity contribution >= 4 is 5.91 Å². The van der Waals surface area contributed by atoms with E-state index in [2.05, 4.69) is 5.32 Å². The van der Waals surface area contributed by atoms with Gasteiger partial charge in [-0.2, -0.15) is 0 Å². The molecule has 0 aliphatic carbocycles. The number of amides is 1. The molecule has 1 N–H and O–H groups in total. The van der Waals surface area contributed by atoms with Crippen LogP contribution in [0, 0.1) is 5.92 Å². The minimum absolute atomic E-state index is 0.166. The second-order valence-electron chi connectivity index (χ2n) is 3.20. The average Bonchev–Trinajstić information content (AvgIpc) is 2.19. The first-order valence-corrected chi connectivity index (χ1v) is 4.81. The highest BCUT2D eigenvalue weighted by atomic mass is 16.5. The zero-order valence-corrected chi connectivity index (χ0v) is 8.08. The van der Waals surface area contributed by atoms with E-state index in [1.165, 1.54) is 0 Å². The number of carbonyl (C=O) groups is 1. The lowest BCUT2D eigenvalue weighted by Crippen LogP contribution is -2.34. The molecule has 0 saturated carbocycles. The lowest BCUT2D eigenvalue weighted by molar-refractivity contribution is -0.127. The van der Waals surface area contributed by atoms with Gasteiger partial charge in [-0.15, -0.1) is 0 Å². The fourth-order valence-corrected chi connectivity index (χ4v) is 1.38. The monoisotopic (exact) mass is 183 g/mol. The maximum absolute atomic E-state index is 11.5. The summed E-state index contributed by atoms with van der Waals surface area (Å²) in [6.07, 6.45) is 5.60. The molecule has 1 amide bonds. The average molecular weight is 183 g/mol. The number of nitrogens with one attached hydrogen (secondary N) is 1. The lowest BCUT2D eigenvalue weighted by Gasteiger charge is -2.20. The third-order valence-corrected chi connectivity index (χ3v) is 2.22. The normalized spacial score (nSPS) is 19.2. The van der Waals surface area contributed by atoms with Crippen LogP contribution in [0.1, 0.15) is 19.8 Å². The summed E-state index contributed by atoms with van der Waals surface area (Å²) >= 11 is 0. The lowest BCUT2D eigenvalue weighted by atomic mass is 9.99. The fourth-order valence-electron chi connectivity index (χ4n) is 1.38. The van der Waals surface area contributed by atoms with Gasteiger partial charge in [0.15, 0.2) is 0 Å². The first kappa shape index (κ1) is 10.3. The molecule has 1 aliphatic heterocycles. The van der Waals surface area contributed by atoms with E-state index in [0.29, 0.717) is 6.54 Å². The molecule has 1 heterocycles. The van der Waals surface area contributed by atoms with Crippen molar-refractivity contribution in [3.05, 3.63) is 12.2 Å². The van der Waals surface area contributed by atoms with Crippen LogP contribution < -0.4 is 5.32 Å². The maximum atomic E-state index is 11.5. The van der Waals surface area contributed by atoms with Gasteiger partial charge < -0.3 is 10.1 Å². The zero-order valence-electron chi connectivity index (χ0n) is 8.08. The minimum Gasteiger partial charge on any atom is -0.381 e. The van der Waals surface area contributed by atoms with Crippen LogP contribution >= 0.6 is 0 Å². The van der Waals surface area contributed by atoms with Crippen LogP contribution in [0.5, 0.6) is 0 Å². The van der Waals surface area contributed by atoms with Crippen LogP contribution in [0.2, 0.25) is 0 Å². The van der Waals surface area contributed by atoms with Crippen molar-refractivity contribution in [3.8, 4) is 0 Å². The largest absolute Gasteiger partial charge is 0.381 e. The number of hydrogen-bond donors (Lipinski definition) is 1. The van der Waals surface area contributed by atoms with Crippen LogP contribution in [0.25, 0.3) is 0 Å². The summed E-state index contributed by atoms with van der Waals surface area (Å²) in [4.78, 5) is 11.5. The SMILES string of the molecule is C/C=C\CNC(=O)C1CCOCC1. The molecule has 0 aromatic rings. The molecule has 1 aliphatic rings. The molecule has 74 valence electrons. The van der Waals surface area contributed by atoms with Gasteiger partial charge in [0.2, 0.25) is 5.91 Å². The van der Waals surface area contributed by atoms with Gasteiger partial charge in [-0.05, 0) is 19.8 Å². The molecule has 13 heavy (non-hydrogen) atoms. The third-order valence-electron chi connectivity index (χ3n) is 2.22. The number of carbonyl (C=O) groups excluding carboxylic acids is 1. The molecule has 3 heteroatoms. The summed E-state index contributed by atoms with van der Waals surface area (Å²) in [7, 11) is 0. The summed E-state index contributed by atoms with van der Waals surface area (Å²) in [5.41, 5.74) is 0. The Bertz CT molecular complexity index is 183. The predicted octanol–water partition coefficient (Wildman–Crippen LogP) is 1.11. The Morgan fingerprint density at radius 2 is 2.23 bits per heavy atom. The third kappa shape index (κ3) is 3.59. The zero-order chi connectivity index (χ0) is 9.52. The Kier molecular flexibility index (Phi) is 4.54. The maximum Gasteiger partial charge on any atom is 0.223 e. The molecule has 0 aromatic heterocycles. The second-order valence-corrected chi connectivity index (χ2v) is 3.20. The van der Waals surface area contributed by atoms with Crippen molar-refractivity contribution < 1.29 is 9.53 Å². The Morgan fingerprint density at radius 1 is 1.54 bits per heavy atom. The smallest absolute Gasteiger partial charge is 0.223 e. The van der Waals surface area contributed by atoms with E-state index in [4.69, 9.17) is 4.74 Å². The number of rotatable bonds is 3. The highest BCUT2D eigenvalue weighted by Crippen LogP contribution is 2.14. The molecule has 1 rings (SSSR count). The summed E-state index contributed by atoms with van der Waals surface area (Å²) in [6.45, 7) is 4.04. The van der Waals surface area contributed by atoms with E-state index in [-0.39, 0.29) is 11.8 Å². The Hall–Kier alpha value is -0.830. The second kappa shape index (κ2) is 5.75. The highest BCUT2D eigenvalue weighted by molar-refractivity contribution is 5.78. The molecule has 0 unspecified atom stereocenters. The molecule has 3 nitrogen and oxygen atoms in total. The van der Waals surface area contributed by atoms with E-state index >= 15 is 0 Å². The van der Waals surface area contributed by atoms with E-state index < -0.39 is 0 Å². The van der Waals surface area contributed by atoms with Gasteiger partial charge in [0.25, 0.3) is 0 Å². The predicted molar refractivity (Wildman–Crippen MR) is 51.4 cm³/mol. The van der Waals surface area contributed by atoms with E-state index in [0.717, 1.165) is 26.1 Å². The van der Waals surface area contributed by atoms with Crippen molar-refractivity contribution in [1.29, 1.82) is 0 Å². The molecule has 0 atom stereocenters. The van der Waals surface area contributed by atoms with Crippen molar-refractivity contribution in [2.45, 2.75) is 19.8 Å². The van der Waals surface area contributed by atoms with Gasteiger partial charge in [-0.3, -0.25) is 4.79 Å². The molecule has 0 radical (unpaired) electrons. The molecule has 0 spiro atoms. The minimum atomic E-state index is 0.166. The molecule has 0 bridgehead atoms. The molecule has 1 fully saturated rings. The van der Waals surface area contributed by atoms with E-state index in [9.17, 15) is 4.79 Å². The number of hydrogen-bond acceptors (Lipinski definition) is 2. The number of allylic oxidation sites excluding steroid dienone is 1. The van der Waals surface area contributed by atoms with E-state index in [1.54, 1.807) is 0 Å². The van der Waals surface area contributed by atoms with Gasteiger partial charge in [-0.1, -0.05) is 12.2 Å². The standard InChI is InChI=1S/C10H17NO2/c1-2-3-6-11-10(12)9-4-7-13-8-5-9/h2-3,9H,4-8H2,1H3,(H,11,12)/b3-2-. The van der Waals surface area contributed by atoms with Crippen LogP contribution in [-0.2, 0) is 9.53 Å². The van der Waals surface area contributed by atoms with Gasteiger partial charge in [0.1, 0.15) is 0 Å². The van der Waals surface area contributed by atoms with Crippen LogP contribution in [0.3, 0.4) is 0 Å². The van der Waals surface area contributed by atoms with Crippen LogP contribution in [0.15, 0.2) is 12.2 Å². The van der Waals surface area contributed by atoms with Gasteiger partial charge in [-0.25, -0.2) is 0 Å². The molecular weight excluding hydrogens is 166 g/mol. The van der Waals surface area contributed by atoms with E-state index in [1.807, 2.05) is 19.1 Å². The Morgan fingerprint density at radius 3 is 2.85 bits per heavy atom. The Labute approximate surface area is 79.2 Å². The first-order chi connectivity index (χ1) is 6.34. The summed E-state index contributed by atoms with van der Waals surface area (Å²) in [5.74, 6) is 0.334. The summed E-state index contributed by atoms with van der Waals surface area (Å²) in [6, 6.07) is 0.